The SMILES string of the molecule is O=C(O)c1ccc(CC#Cc2ccc(F)cn2)cc1. The Balaban J connectivity index is 2.03. The third kappa shape index (κ3) is 3.65. The van der Waals surface area contributed by atoms with Crippen LogP contribution in [-0.4, -0.2) is 16.1 Å². The first-order chi connectivity index (χ1) is 9.15. The average Bonchev–Trinajstić information content (AvgIpc) is 2.41. The molecule has 0 aliphatic rings. The number of carbonyl (C=O) groups is 1. The van der Waals surface area contributed by atoms with Crippen molar-refractivity contribution in [3.05, 3.63) is 65.2 Å². The van der Waals surface area contributed by atoms with Gasteiger partial charge in [0.15, 0.2) is 0 Å². The zero-order valence-electron chi connectivity index (χ0n) is 9.93. The molecule has 0 unspecified atom stereocenters. The molecular formula is C15H10FNO2. The van der Waals surface area contributed by atoms with Crippen LogP contribution in [0.2, 0.25) is 0 Å². The van der Waals surface area contributed by atoms with Gasteiger partial charge in [-0.05, 0) is 35.7 Å². The van der Waals surface area contributed by atoms with Gasteiger partial charge in [0.25, 0.3) is 0 Å². The highest BCUT2D eigenvalue weighted by atomic mass is 19.1. The third-order valence-corrected chi connectivity index (χ3v) is 2.44. The number of halogens is 1. The van der Waals surface area contributed by atoms with Gasteiger partial charge in [-0.25, -0.2) is 14.2 Å². The minimum atomic E-state index is -0.951. The van der Waals surface area contributed by atoms with Gasteiger partial charge in [0, 0.05) is 6.42 Å². The predicted octanol–water partition coefficient (Wildman–Crippen LogP) is 2.51. The molecule has 0 saturated heterocycles. The van der Waals surface area contributed by atoms with Crippen LogP contribution in [0.5, 0.6) is 0 Å². The maximum Gasteiger partial charge on any atom is 0.335 e. The van der Waals surface area contributed by atoms with Crippen molar-refractivity contribution >= 4 is 5.97 Å². The number of aromatic carboxylic acids is 1. The summed E-state index contributed by atoms with van der Waals surface area (Å²) in [6.07, 6.45) is 1.60. The van der Waals surface area contributed by atoms with Gasteiger partial charge >= 0.3 is 5.97 Å². The number of carboxylic acid groups (broad SMARTS) is 1. The van der Waals surface area contributed by atoms with Gasteiger partial charge in [0.2, 0.25) is 0 Å². The van der Waals surface area contributed by atoms with Crippen molar-refractivity contribution in [1.29, 1.82) is 0 Å². The van der Waals surface area contributed by atoms with E-state index in [1.54, 1.807) is 12.1 Å². The second kappa shape index (κ2) is 5.78. The van der Waals surface area contributed by atoms with Crippen molar-refractivity contribution in [2.24, 2.45) is 0 Å². The Morgan fingerprint density at radius 3 is 2.53 bits per heavy atom. The molecule has 0 aliphatic heterocycles. The van der Waals surface area contributed by atoms with E-state index in [0.29, 0.717) is 12.1 Å². The van der Waals surface area contributed by atoms with E-state index in [9.17, 15) is 9.18 Å². The van der Waals surface area contributed by atoms with Crippen molar-refractivity contribution in [1.82, 2.24) is 4.98 Å². The largest absolute Gasteiger partial charge is 0.478 e. The average molecular weight is 255 g/mol. The summed E-state index contributed by atoms with van der Waals surface area (Å²) >= 11 is 0. The quantitative estimate of drug-likeness (QED) is 0.839. The number of aromatic nitrogens is 1. The fourth-order valence-electron chi connectivity index (χ4n) is 1.45. The molecule has 19 heavy (non-hydrogen) atoms. The highest BCUT2D eigenvalue weighted by Gasteiger charge is 2.00. The molecule has 1 aromatic carbocycles. The van der Waals surface area contributed by atoms with Gasteiger partial charge in [-0.3, -0.25) is 0 Å². The number of benzene rings is 1. The molecule has 2 aromatic rings. The normalized spacial score (nSPS) is 9.53. The Morgan fingerprint density at radius 2 is 1.95 bits per heavy atom. The Kier molecular flexibility index (Phi) is 3.89. The zero-order chi connectivity index (χ0) is 13.7. The minimum absolute atomic E-state index is 0.247. The van der Waals surface area contributed by atoms with Crippen LogP contribution in [-0.2, 0) is 6.42 Å². The van der Waals surface area contributed by atoms with Crippen molar-refractivity contribution in [3.8, 4) is 11.8 Å². The summed E-state index contributed by atoms with van der Waals surface area (Å²) < 4.78 is 12.6. The number of pyridine rings is 1. The summed E-state index contributed by atoms with van der Waals surface area (Å²) in [7, 11) is 0. The van der Waals surface area contributed by atoms with Crippen LogP contribution in [0.1, 0.15) is 21.6 Å². The number of rotatable bonds is 2. The topological polar surface area (TPSA) is 50.2 Å². The molecule has 0 spiro atoms. The highest BCUT2D eigenvalue weighted by Crippen LogP contribution is 2.05. The van der Waals surface area contributed by atoms with E-state index in [1.807, 2.05) is 0 Å². The summed E-state index contributed by atoms with van der Waals surface area (Å²) in [5.41, 5.74) is 1.67. The maximum absolute atomic E-state index is 12.6. The molecule has 0 radical (unpaired) electrons. The third-order valence-electron chi connectivity index (χ3n) is 2.44. The first kappa shape index (κ1) is 12.8. The Bertz CT molecular complexity index is 637. The van der Waals surface area contributed by atoms with Gasteiger partial charge < -0.3 is 5.11 Å². The molecule has 0 amide bonds. The Labute approximate surface area is 109 Å². The van der Waals surface area contributed by atoms with E-state index >= 15 is 0 Å². The lowest BCUT2D eigenvalue weighted by Crippen LogP contribution is -1.95. The van der Waals surface area contributed by atoms with Gasteiger partial charge in [0.05, 0.1) is 11.8 Å². The molecule has 0 atom stereocenters. The van der Waals surface area contributed by atoms with Crippen LogP contribution in [0.3, 0.4) is 0 Å². The molecule has 2 rings (SSSR count). The number of hydrogen-bond donors (Lipinski definition) is 1. The fourth-order valence-corrected chi connectivity index (χ4v) is 1.45. The van der Waals surface area contributed by atoms with Crippen LogP contribution in [0, 0.1) is 17.7 Å². The molecular weight excluding hydrogens is 245 g/mol. The van der Waals surface area contributed by atoms with E-state index in [4.69, 9.17) is 5.11 Å². The van der Waals surface area contributed by atoms with Crippen LogP contribution in [0.4, 0.5) is 4.39 Å². The zero-order valence-corrected chi connectivity index (χ0v) is 9.93. The standard InChI is InChI=1S/C15H10FNO2/c16-13-8-9-14(17-10-13)3-1-2-11-4-6-12(7-5-11)15(18)19/h4-10H,2H2,(H,18,19). The molecule has 0 fully saturated rings. The number of nitrogens with zero attached hydrogens (tertiary/aromatic N) is 1. The summed E-state index contributed by atoms with van der Waals surface area (Å²) in [4.78, 5) is 14.5. The van der Waals surface area contributed by atoms with E-state index < -0.39 is 11.8 Å². The second-order valence-electron chi connectivity index (χ2n) is 3.84. The van der Waals surface area contributed by atoms with E-state index in [-0.39, 0.29) is 5.56 Å². The molecule has 1 N–H and O–H groups in total. The number of carboxylic acids is 1. The van der Waals surface area contributed by atoms with Gasteiger partial charge in [-0.2, -0.15) is 0 Å². The van der Waals surface area contributed by atoms with Gasteiger partial charge in [-0.15, -0.1) is 0 Å². The van der Waals surface area contributed by atoms with Crippen LogP contribution in [0.15, 0.2) is 42.6 Å². The summed E-state index contributed by atoms with van der Waals surface area (Å²) in [6.45, 7) is 0. The molecule has 3 nitrogen and oxygen atoms in total. The minimum Gasteiger partial charge on any atom is -0.478 e. The fraction of sp³-hybridized carbons (Fsp3) is 0.0667. The monoisotopic (exact) mass is 255 g/mol. The first-order valence-electron chi connectivity index (χ1n) is 5.58. The highest BCUT2D eigenvalue weighted by molar-refractivity contribution is 5.87. The van der Waals surface area contributed by atoms with Crippen molar-refractivity contribution in [3.63, 3.8) is 0 Å². The molecule has 1 aromatic heterocycles. The van der Waals surface area contributed by atoms with Crippen molar-refractivity contribution in [2.45, 2.75) is 6.42 Å². The number of hydrogen-bond acceptors (Lipinski definition) is 2. The van der Waals surface area contributed by atoms with Crippen LogP contribution in [0.25, 0.3) is 0 Å². The van der Waals surface area contributed by atoms with Gasteiger partial charge in [0.1, 0.15) is 11.5 Å². The molecule has 0 saturated carbocycles. The molecule has 94 valence electrons. The van der Waals surface area contributed by atoms with Crippen LogP contribution >= 0.6 is 0 Å². The van der Waals surface area contributed by atoms with Gasteiger partial charge in [-0.1, -0.05) is 18.1 Å². The lowest BCUT2D eigenvalue weighted by atomic mass is 10.1. The van der Waals surface area contributed by atoms with Crippen molar-refractivity contribution in [2.75, 3.05) is 0 Å². The molecule has 1 heterocycles. The molecule has 0 bridgehead atoms. The molecule has 4 heteroatoms. The summed E-state index contributed by atoms with van der Waals surface area (Å²) in [5.74, 6) is 4.37. The lowest BCUT2D eigenvalue weighted by molar-refractivity contribution is 0.0697. The van der Waals surface area contributed by atoms with E-state index in [1.165, 1.54) is 24.3 Å². The molecule has 0 aliphatic carbocycles. The predicted molar refractivity (Wildman–Crippen MR) is 68.2 cm³/mol. The maximum atomic E-state index is 12.6. The second-order valence-corrected chi connectivity index (χ2v) is 3.84. The Hall–Kier alpha value is -2.67. The van der Waals surface area contributed by atoms with Crippen LogP contribution < -0.4 is 0 Å². The smallest absolute Gasteiger partial charge is 0.335 e. The van der Waals surface area contributed by atoms with E-state index in [2.05, 4.69) is 16.8 Å². The lowest BCUT2D eigenvalue weighted by Gasteiger charge is -1.96. The Morgan fingerprint density at radius 1 is 1.21 bits per heavy atom. The summed E-state index contributed by atoms with van der Waals surface area (Å²) in [5, 5.41) is 8.76. The van der Waals surface area contributed by atoms with Crippen molar-refractivity contribution < 1.29 is 14.3 Å². The van der Waals surface area contributed by atoms with E-state index in [0.717, 1.165) is 11.8 Å². The first-order valence-corrected chi connectivity index (χ1v) is 5.58. The summed E-state index contributed by atoms with van der Waals surface area (Å²) in [6, 6.07) is 9.33.